The van der Waals surface area contributed by atoms with E-state index in [2.05, 4.69) is 10.2 Å². The Kier molecular flexibility index (Phi) is 6.14. The van der Waals surface area contributed by atoms with Crippen molar-refractivity contribution in [2.45, 2.75) is 32.6 Å². The first-order valence-electron chi connectivity index (χ1n) is 8.09. The third-order valence-corrected chi connectivity index (χ3v) is 4.76. The summed E-state index contributed by atoms with van der Waals surface area (Å²) >= 11 is 0. The van der Waals surface area contributed by atoms with Crippen molar-refractivity contribution in [3.05, 3.63) is 0 Å². The summed E-state index contributed by atoms with van der Waals surface area (Å²) in [6.07, 6.45) is 3.69. The molecule has 1 aliphatic carbocycles. The van der Waals surface area contributed by atoms with E-state index in [9.17, 15) is 9.59 Å². The van der Waals surface area contributed by atoms with Crippen molar-refractivity contribution >= 4 is 11.7 Å². The van der Waals surface area contributed by atoms with Crippen molar-refractivity contribution in [1.82, 2.24) is 15.2 Å². The van der Waals surface area contributed by atoms with Gasteiger partial charge in [-0.25, -0.2) is 5.84 Å². The number of Topliss-reactive ketones (excluding diaryl/α,β-unsaturated/α-hetero) is 1. The summed E-state index contributed by atoms with van der Waals surface area (Å²) in [5, 5.41) is 4.65. The minimum absolute atomic E-state index is 0.0509. The smallest absolute Gasteiger partial charge is 0.240 e. The standard InChI is InChI=1S/C15H28N4O2/c1-12(20)13-4-2-3-5-14(13)15(21)19(16)11-10-18-8-6-17-7-9-18/h13-14,17H,2-11,16H2,1H3/t13?,14-/m1/s1. The van der Waals surface area contributed by atoms with Gasteiger partial charge in [-0.05, 0) is 19.8 Å². The Balaban J connectivity index is 1.83. The molecule has 0 radical (unpaired) electrons. The molecule has 0 spiro atoms. The summed E-state index contributed by atoms with van der Waals surface area (Å²) in [5.41, 5.74) is 0. The van der Waals surface area contributed by atoms with E-state index in [4.69, 9.17) is 5.84 Å². The van der Waals surface area contributed by atoms with E-state index in [1.54, 1.807) is 6.92 Å². The number of nitrogens with zero attached hydrogens (tertiary/aromatic N) is 2. The van der Waals surface area contributed by atoms with Crippen LogP contribution < -0.4 is 11.2 Å². The van der Waals surface area contributed by atoms with Crippen molar-refractivity contribution in [1.29, 1.82) is 0 Å². The number of hydrogen-bond acceptors (Lipinski definition) is 5. The van der Waals surface area contributed by atoms with Crippen molar-refractivity contribution < 1.29 is 9.59 Å². The Morgan fingerprint density at radius 1 is 1.19 bits per heavy atom. The zero-order valence-corrected chi connectivity index (χ0v) is 13.0. The minimum atomic E-state index is -0.204. The highest BCUT2D eigenvalue weighted by molar-refractivity contribution is 5.87. The number of carbonyl (C=O) groups excluding carboxylic acids is 2. The number of piperazine rings is 1. The molecule has 2 aliphatic rings. The van der Waals surface area contributed by atoms with E-state index in [0.29, 0.717) is 6.54 Å². The van der Waals surface area contributed by atoms with Crippen LogP contribution in [0.5, 0.6) is 0 Å². The van der Waals surface area contributed by atoms with Crippen LogP contribution in [0.15, 0.2) is 0 Å². The van der Waals surface area contributed by atoms with E-state index in [-0.39, 0.29) is 23.5 Å². The maximum atomic E-state index is 12.5. The second-order valence-corrected chi connectivity index (χ2v) is 6.23. The molecule has 3 N–H and O–H groups in total. The molecular formula is C15H28N4O2. The molecular weight excluding hydrogens is 268 g/mol. The molecule has 0 bridgehead atoms. The predicted molar refractivity (Wildman–Crippen MR) is 81.3 cm³/mol. The van der Waals surface area contributed by atoms with Gasteiger partial charge in [0.2, 0.25) is 5.91 Å². The van der Waals surface area contributed by atoms with Crippen LogP contribution in [0, 0.1) is 11.8 Å². The summed E-state index contributed by atoms with van der Waals surface area (Å²) in [7, 11) is 0. The van der Waals surface area contributed by atoms with Crippen LogP contribution in [0.2, 0.25) is 0 Å². The van der Waals surface area contributed by atoms with Crippen LogP contribution in [-0.2, 0) is 9.59 Å². The van der Waals surface area contributed by atoms with Gasteiger partial charge in [0.05, 0.1) is 0 Å². The van der Waals surface area contributed by atoms with Gasteiger partial charge in [0.1, 0.15) is 5.78 Å². The molecule has 0 aromatic rings. The molecule has 0 aromatic carbocycles. The highest BCUT2D eigenvalue weighted by Crippen LogP contribution is 2.31. The predicted octanol–water partition coefficient (Wildman–Crippen LogP) is -0.0107. The number of nitrogens with one attached hydrogen (secondary N) is 1. The molecule has 1 amide bonds. The average Bonchev–Trinajstić information content (AvgIpc) is 2.52. The topological polar surface area (TPSA) is 78.7 Å². The largest absolute Gasteiger partial charge is 0.314 e. The van der Waals surface area contributed by atoms with Crippen molar-refractivity contribution in [2.24, 2.45) is 17.7 Å². The number of rotatable bonds is 5. The average molecular weight is 296 g/mol. The second kappa shape index (κ2) is 7.87. The second-order valence-electron chi connectivity index (χ2n) is 6.23. The van der Waals surface area contributed by atoms with Gasteiger partial charge in [-0.15, -0.1) is 0 Å². The van der Waals surface area contributed by atoms with Crippen LogP contribution in [0.1, 0.15) is 32.6 Å². The van der Waals surface area contributed by atoms with E-state index in [0.717, 1.165) is 58.4 Å². The Morgan fingerprint density at radius 3 is 2.43 bits per heavy atom. The fourth-order valence-electron chi connectivity index (χ4n) is 3.42. The lowest BCUT2D eigenvalue weighted by atomic mass is 9.76. The lowest BCUT2D eigenvalue weighted by Crippen LogP contribution is -2.51. The number of amides is 1. The Hall–Kier alpha value is -0.980. The van der Waals surface area contributed by atoms with Crippen LogP contribution in [0.3, 0.4) is 0 Å². The normalized spacial score (nSPS) is 27.3. The number of nitrogens with two attached hydrogens (primary N) is 1. The minimum Gasteiger partial charge on any atom is -0.314 e. The van der Waals surface area contributed by atoms with Gasteiger partial charge in [0.15, 0.2) is 0 Å². The van der Waals surface area contributed by atoms with Gasteiger partial charge in [-0.2, -0.15) is 0 Å². The number of carbonyl (C=O) groups is 2. The zero-order valence-electron chi connectivity index (χ0n) is 13.0. The van der Waals surface area contributed by atoms with Crippen LogP contribution >= 0.6 is 0 Å². The molecule has 2 rings (SSSR count). The van der Waals surface area contributed by atoms with Gasteiger partial charge < -0.3 is 5.32 Å². The molecule has 6 nitrogen and oxygen atoms in total. The first-order valence-corrected chi connectivity index (χ1v) is 8.09. The van der Waals surface area contributed by atoms with Gasteiger partial charge in [-0.1, -0.05) is 12.8 Å². The Bertz CT molecular complexity index is 369. The van der Waals surface area contributed by atoms with E-state index in [1.807, 2.05) is 0 Å². The summed E-state index contributed by atoms with van der Waals surface area (Å²) in [5.74, 6) is 5.70. The Labute approximate surface area is 127 Å². The summed E-state index contributed by atoms with van der Waals surface area (Å²) in [4.78, 5) is 26.5. The number of ketones is 1. The molecule has 6 heteroatoms. The number of hydrogen-bond donors (Lipinski definition) is 2. The zero-order chi connectivity index (χ0) is 15.2. The van der Waals surface area contributed by atoms with E-state index < -0.39 is 0 Å². The Morgan fingerprint density at radius 2 is 1.81 bits per heavy atom. The molecule has 1 heterocycles. The fourth-order valence-corrected chi connectivity index (χ4v) is 3.42. The third kappa shape index (κ3) is 4.49. The highest BCUT2D eigenvalue weighted by Gasteiger charge is 2.35. The monoisotopic (exact) mass is 296 g/mol. The van der Waals surface area contributed by atoms with Crippen molar-refractivity contribution in [3.63, 3.8) is 0 Å². The van der Waals surface area contributed by atoms with Crippen LogP contribution in [0.4, 0.5) is 0 Å². The summed E-state index contributed by atoms with van der Waals surface area (Å²) < 4.78 is 0. The molecule has 0 aromatic heterocycles. The SMILES string of the molecule is CC(=O)C1CCCC[C@H]1C(=O)N(N)CCN1CCNCC1. The first kappa shape index (κ1) is 16.4. The summed E-state index contributed by atoms with van der Waals surface area (Å²) in [6.45, 7) is 6.93. The third-order valence-electron chi connectivity index (χ3n) is 4.76. The van der Waals surface area contributed by atoms with Gasteiger partial charge in [-0.3, -0.25) is 19.5 Å². The van der Waals surface area contributed by atoms with Crippen LogP contribution in [-0.4, -0.2) is 60.9 Å². The van der Waals surface area contributed by atoms with Crippen molar-refractivity contribution in [2.75, 3.05) is 39.3 Å². The molecule has 2 fully saturated rings. The fraction of sp³-hybridized carbons (Fsp3) is 0.867. The lowest BCUT2D eigenvalue weighted by Gasteiger charge is -2.33. The summed E-state index contributed by atoms with van der Waals surface area (Å²) in [6, 6.07) is 0. The molecule has 1 unspecified atom stereocenters. The molecule has 1 saturated carbocycles. The van der Waals surface area contributed by atoms with Crippen molar-refractivity contribution in [3.8, 4) is 0 Å². The van der Waals surface area contributed by atoms with Gasteiger partial charge >= 0.3 is 0 Å². The molecule has 2 atom stereocenters. The van der Waals surface area contributed by atoms with E-state index in [1.165, 1.54) is 5.01 Å². The lowest BCUT2D eigenvalue weighted by molar-refractivity contribution is -0.143. The molecule has 120 valence electrons. The quantitative estimate of drug-likeness (QED) is 0.424. The van der Waals surface area contributed by atoms with Gasteiger partial charge in [0.25, 0.3) is 0 Å². The van der Waals surface area contributed by atoms with Crippen LogP contribution in [0.25, 0.3) is 0 Å². The molecule has 1 aliphatic heterocycles. The van der Waals surface area contributed by atoms with E-state index >= 15 is 0 Å². The maximum absolute atomic E-state index is 12.5. The highest BCUT2D eigenvalue weighted by atomic mass is 16.2. The van der Waals surface area contributed by atoms with Gasteiger partial charge in [0, 0.05) is 51.1 Å². The maximum Gasteiger partial charge on any atom is 0.240 e. The molecule has 21 heavy (non-hydrogen) atoms. The molecule has 1 saturated heterocycles. The number of hydrazine groups is 1. The first-order chi connectivity index (χ1) is 10.1.